The minimum absolute atomic E-state index is 0. The SMILES string of the molecule is C[C@H]1CNCCN1C(=O)c1ccc2ccc(Cl)cc2n1.Cl.Cl. The maximum absolute atomic E-state index is 12.5. The molecule has 0 saturated carbocycles. The predicted molar refractivity (Wildman–Crippen MR) is 94.6 cm³/mol. The average molecular weight is 363 g/mol. The first-order valence-corrected chi connectivity index (χ1v) is 7.11. The van der Waals surface area contributed by atoms with Gasteiger partial charge in [0.1, 0.15) is 5.69 Å². The van der Waals surface area contributed by atoms with Crippen molar-refractivity contribution in [3.8, 4) is 0 Å². The molecule has 2 heterocycles. The quantitative estimate of drug-likeness (QED) is 0.847. The van der Waals surface area contributed by atoms with Gasteiger partial charge in [0.25, 0.3) is 5.91 Å². The number of hydrogen-bond donors (Lipinski definition) is 1. The summed E-state index contributed by atoms with van der Waals surface area (Å²) in [5, 5.41) is 4.89. The molecule has 1 amide bonds. The van der Waals surface area contributed by atoms with Crippen LogP contribution in [-0.4, -0.2) is 41.5 Å². The highest BCUT2D eigenvalue weighted by molar-refractivity contribution is 6.31. The fraction of sp³-hybridized carbons (Fsp3) is 0.333. The summed E-state index contributed by atoms with van der Waals surface area (Å²) in [4.78, 5) is 18.9. The van der Waals surface area contributed by atoms with Crippen molar-refractivity contribution in [1.82, 2.24) is 15.2 Å². The smallest absolute Gasteiger partial charge is 0.272 e. The molecule has 1 atom stereocenters. The van der Waals surface area contributed by atoms with Crippen molar-refractivity contribution in [1.29, 1.82) is 0 Å². The van der Waals surface area contributed by atoms with E-state index in [2.05, 4.69) is 10.3 Å². The lowest BCUT2D eigenvalue weighted by molar-refractivity contribution is 0.0650. The van der Waals surface area contributed by atoms with Gasteiger partial charge in [-0.2, -0.15) is 0 Å². The number of rotatable bonds is 1. The van der Waals surface area contributed by atoms with Gasteiger partial charge >= 0.3 is 0 Å². The highest BCUT2D eigenvalue weighted by Crippen LogP contribution is 2.19. The Labute approximate surface area is 147 Å². The van der Waals surface area contributed by atoms with E-state index in [1.54, 1.807) is 12.1 Å². The van der Waals surface area contributed by atoms with E-state index < -0.39 is 0 Å². The van der Waals surface area contributed by atoms with Gasteiger partial charge in [0, 0.05) is 36.1 Å². The molecule has 0 aliphatic carbocycles. The molecule has 1 N–H and O–H groups in total. The van der Waals surface area contributed by atoms with Crippen LogP contribution in [0.1, 0.15) is 17.4 Å². The third-order valence-corrected chi connectivity index (χ3v) is 3.87. The Bertz CT molecular complexity index is 666. The van der Waals surface area contributed by atoms with Gasteiger partial charge in [-0.3, -0.25) is 4.79 Å². The summed E-state index contributed by atoms with van der Waals surface area (Å²) in [5.41, 5.74) is 1.24. The molecule has 3 rings (SSSR count). The third-order valence-electron chi connectivity index (χ3n) is 3.64. The summed E-state index contributed by atoms with van der Waals surface area (Å²) in [7, 11) is 0. The summed E-state index contributed by atoms with van der Waals surface area (Å²) in [6.07, 6.45) is 0. The molecule has 1 fully saturated rings. The standard InChI is InChI=1S/C15H16ClN3O.2ClH/c1-10-9-17-6-7-19(10)15(20)13-5-3-11-2-4-12(16)8-14(11)18-13;;/h2-5,8,10,17H,6-7,9H2,1H3;2*1H/t10-;;/m0../s1. The van der Waals surface area contributed by atoms with Crippen LogP contribution >= 0.6 is 36.4 Å². The van der Waals surface area contributed by atoms with Gasteiger partial charge in [-0.15, -0.1) is 24.8 Å². The first kappa shape index (κ1) is 19.0. The Hall–Kier alpha value is -1.07. The van der Waals surface area contributed by atoms with E-state index in [1.165, 1.54) is 0 Å². The first-order valence-electron chi connectivity index (χ1n) is 6.73. The van der Waals surface area contributed by atoms with Crippen molar-refractivity contribution in [2.75, 3.05) is 19.6 Å². The van der Waals surface area contributed by atoms with E-state index in [1.807, 2.05) is 30.0 Å². The van der Waals surface area contributed by atoms with Crippen molar-refractivity contribution in [3.05, 3.63) is 41.0 Å². The molecule has 1 aromatic carbocycles. The Balaban J connectivity index is 0.00000121. The molecule has 0 spiro atoms. The van der Waals surface area contributed by atoms with Crippen molar-refractivity contribution in [3.63, 3.8) is 0 Å². The molecule has 2 aromatic rings. The van der Waals surface area contributed by atoms with Crippen LogP contribution in [0.2, 0.25) is 5.02 Å². The second-order valence-electron chi connectivity index (χ2n) is 5.09. The molecule has 1 saturated heterocycles. The number of piperazine rings is 1. The fourth-order valence-electron chi connectivity index (χ4n) is 2.50. The van der Waals surface area contributed by atoms with E-state index in [0.717, 1.165) is 30.5 Å². The zero-order valence-corrected chi connectivity index (χ0v) is 14.5. The number of pyridine rings is 1. The third kappa shape index (κ3) is 3.82. The second-order valence-corrected chi connectivity index (χ2v) is 5.52. The van der Waals surface area contributed by atoms with Gasteiger partial charge < -0.3 is 10.2 Å². The average Bonchev–Trinajstić information content (AvgIpc) is 2.46. The number of fused-ring (bicyclic) bond motifs is 1. The number of benzene rings is 1. The second kappa shape index (κ2) is 7.97. The number of halogens is 3. The maximum atomic E-state index is 12.5. The van der Waals surface area contributed by atoms with Gasteiger partial charge in [-0.1, -0.05) is 23.7 Å². The Morgan fingerprint density at radius 1 is 1.32 bits per heavy atom. The highest BCUT2D eigenvalue weighted by Gasteiger charge is 2.24. The van der Waals surface area contributed by atoms with E-state index in [9.17, 15) is 4.79 Å². The lowest BCUT2D eigenvalue weighted by Gasteiger charge is -2.33. The Morgan fingerprint density at radius 3 is 2.77 bits per heavy atom. The van der Waals surface area contributed by atoms with Crippen molar-refractivity contribution >= 4 is 53.2 Å². The summed E-state index contributed by atoms with van der Waals surface area (Å²) < 4.78 is 0. The van der Waals surface area contributed by atoms with Crippen LogP contribution < -0.4 is 5.32 Å². The minimum atomic E-state index is -0.0131. The number of hydrogen-bond acceptors (Lipinski definition) is 3. The van der Waals surface area contributed by atoms with Crippen molar-refractivity contribution in [2.45, 2.75) is 13.0 Å². The molecule has 22 heavy (non-hydrogen) atoms. The molecule has 1 aliphatic heterocycles. The zero-order chi connectivity index (χ0) is 14.1. The van der Waals surface area contributed by atoms with Gasteiger partial charge in [-0.25, -0.2) is 4.98 Å². The van der Waals surface area contributed by atoms with Crippen LogP contribution in [0, 0.1) is 0 Å². The molecular formula is C15H18Cl3N3O. The van der Waals surface area contributed by atoms with Gasteiger partial charge in [0.15, 0.2) is 0 Å². The van der Waals surface area contributed by atoms with Crippen LogP contribution in [0.25, 0.3) is 10.9 Å². The van der Waals surface area contributed by atoms with Gasteiger partial charge in [0.2, 0.25) is 0 Å². The molecule has 0 radical (unpaired) electrons. The van der Waals surface area contributed by atoms with Crippen LogP contribution in [0.3, 0.4) is 0 Å². The molecule has 7 heteroatoms. The molecule has 1 aromatic heterocycles. The van der Waals surface area contributed by atoms with Crippen LogP contribution in [0.5, 0.6) is 0 Å². The monoisotopic (exact) mass is 361 g/mol. The highest BCUT2D eigenvalue weighted by atomic mass is 35.5. The topological polar surface area (TPSA) is 45.2 Å². The number of carbonyl (C=O) groups excluding carboxylic acids is 1. The number of carbonyl (C=O) groups is 1. The Morgan fingerprint density at radius 2 is 2.05 bits per heavy atom. The van der Waals surface area contributed by atoms with Crippen molar-refractivity contribution < 1.29 is 4.79 Å². The van der Waals surface area contributed by atoms with E-state index >= 15 is 0 Å². The predicted octanol–water partition coefficient (Wildman–Crippen LogP) is 3.17. The summed E-state index contributed by atoms with van der Waals surface area (Å²) in [6, 6.07) is 9.41. The number of amides is 1. The lowest BCUT2D eigenvalue weighted by Crippen LogP contribution is -2.52. The zero-order valence-electron chi connectivity index (χ0n) is 12.1. The maximum Gasteiger partial charge on any atom is 0.272 e. The fourth-order valence-corrected chi connectivity index (χ4v) is 2.67. The molecule has 0 unspecified atom stereocenters. The van der Waals surface area contributed by atoms with E-state index in [-0.39, 0.29) is 36.8 Å². The molecular weight excluding hydrogens is 345 g/mol. The van der Waals surface area contributed by atoms with E-state index in [0.29, 0.717) is 10.7 Å². The normalized spacial score (nSPS) is 17.5. The van der Waals surface area contributed by atoms with Gasteiger partial charge in [0.05, 0.1) is 5.52 Å². The number of aromatic nitrogens is 1. The number of nitrogens with zero attached hydrogens (tertiary/aromatic N) is 2. The summed E-state index contributed by atoms with van der Waals surface area (Å²) in [5.74, 6) is -0.0131. The first-order chi connectivity index (χ1) is 9.65. The molecule has 0 bridgehead atoms. The molecule has 1 aliphatic rings. The summed E-state index contributed by atoms with van der Waals surface area (Å²) >= 11 is 5.98. The molecule has 4 nitrogen and oxygen atoms in total. The largest absolute Gasteiger partial charge is 0.332 e. The lowest BCUT2D eigenvalue weighted by atomic mass is 10.1. The van der Waals surface area contributed by atoms with Crippen LogP contribution in [-0.2, 0) is 0 Å². The van der Waals surface area contributed by atoms with Gasteiger partial charge in [-0.05, 0) is 25.1 Å². The molecule has 120 valence electrons. The van der Waals surface area contributed by atoms with Crippen LogP contribution in [0.4, 0.5) is 0 Å². The Kier molecular flexibility index (Phi) is 6.88. The van der Waals surface area contributed by atoms with Crippen LogP contribution in [0.15, 0.2) is 30.3 Å². The summed E-state index contributed by atoms with van der Waals surface area (Å²) in [6.45, 7) is 4.41. The van der Waals surface area contributed by atoms with E-state index in [4.69, 9.17) is 11.6 Å². The van der Waals surface area contributed by atoms with Crippen molar-refractivity contribution in [2.24, 2.45) is 0 Å². The minimum Gasteiger partial charge on any atom is -0.332 e. The number of nitrogens with one attached hydrogen (secondary N) is 1.